The van der Waals surface area contributed by atoms with E-state index in [9.17, 15) is 17.9 Å². The highest BCUT2D eigenvalue weighted by atomic mass is 32.2. The van der Waals surface area contributed by atoms with Gasteiger partial charge in [-0.2, -0.15) is 8.42 Å². The van der Waals surface area contributed by atoms with E-state index in [-0.39, 0.29) is 12.0 Å². The van der Waals surface area contributed by atoms with Crippen LogP contribution in [0.25, 0.3) is 0 Å². The van der Waals surface area contributed by atoms with Gasteiger partial charge in [0.1, 0.15) is 5.82 Å². The lowest BCUT2D eigenvalue weighted by Crippen LogP contribution is -2.36. The highest BCUT2D eigenvalue weighted by molar-refractivity contribution is 7.87. The maximum Gasteiger partial charge on any atom is 0.295 e. The summed E-state index contributed by atoms with van der Waals surface area (Å²) in [7, 11) is -4.58. The fraction of sp³-hybridized carbons (Fsp3) is 0.333. The summed E-state index contributed by atoms with van der Waals surface area (Å²) < 4.78 is 43.0. The summed E-state index contributed by atoms with van der Waals surface area (Å²) in [5.41, 5.74) is 0.289. The Hall–Kier alpha value is -0.980. The second-order valence-corrected chi connectivity index (χ2v) is 5.29. The lowest BCUT2D eigenvalue weighted by Gasteiger charge is -2.19. The Bertz CT molecular complexity index is 453. The van der Waals surface area contributed by atoms with E-state index in [4.69, 9.17) is 4.55 Å². The Labute approximate surface area is 87.1 Å². The monoisotopic (exact) mass is 234 g/mol. The molecule has 0 saturated heterocycles. The van der Waals surface area contributed by atoms with Crippen LogP contribution in [0, 0.1) is 5.82 Å². The second kappa shape index (κ2) is 3.88. The molecular weight excluding hydrogens is 223 g/mol. The Balaban J connectivity index is 2.97. The third kappa shape index (κ3) is 2.98. The topological polar surface area (TPSA) is 74.6 Å². The van der Waals surface area contributed by atoms with Crippen molar-refractivity contribution in [2.45, 2.75) is 18.3 Å². The lowest BCUT2D eigenvalue weighted by atomic mass is 10.1. The van der Waals surface area contributed by atoms with Crippen molar-refractivity contribution >= 4 is 10.1 Å². The minimum atomic E-state index is -4.58. The van der Waals surface area contributed by atoms with Crippen LogP contribution >= 0.6 is 0 Å². The Morgan fingerprint density at radius 2 is 2.07 bits per heavy atom. The van der Waals surface area contributed by atoms with Crippen LogP contribution in [0.5, 0.6) is 0 Å². The largest absolute Gasteiger partial charge is 0.372 e. The SMILES string of the molecule is CC(O)(Cc1cccc(F)c1)S(=O)(=O)O. The summed E-state index contributed by atoms with van der Waals surface area (Å²) >= 11 is 0. The zero-order valence-corrected chi connectivity index (χ0v) is 8.83. The molecule has 0 heterocycles. The van der Waals surface area contributed by atoms with Gasteiger partial charge in [0.05, 0.1) is 0 Å². The van der Waals surface area contributed by atoms with Gasteiger partial charge in [-0.1, -0.05) is 12.1 Å². The smallest absolute Gasteiger partial charge is 0.295 e. The number of rotatable bonds is 3. The molecule has 1 aromatic rings. The number of aliphatic hydroxyl groups is 1. The second-order valence-electron chi connectivity index (χ2n) is 3.46. The first kappa shape index (κ1) is 12.1. The molecule has 0 radical (unpaired) electrons. The highest BCUT2D eigenvalue weighted by Gasteiger charge is 2.35. The molecule has 0 amide bonds. The molecule has 84 valence electrons. The molecule has 0 spiro atoms. The predicted molar refractivity (Wildman–Crippen MR) is 52.3 cm³/mol. The van der Waals surface area contributed by atoms with Gasteiger partial charge < -0.3 is 5.11 Å². The molecule has 0 saturated carbocycles. The molecule has 1 rings (SSSR count). The van der Waals surface area contributed by atoms with Crippen LogP contribution in [-0.2, 0) is 16.5 Å². The first-order valence-electron chi connectivity index (χ1n) is 4.16. The van der Waals surface area contributed by atoms with Gasteiger partial charge in [0.15, 0.2) is 4.93 Å². The summed E-state index contributed by atoms with van der Waals surface area (Å²) in [6.45, 7) is 0.952. The standard InChI is InChI=1S/C9H11FO4S/c1-9(11,15(12,13)14)6-7-3-2-4-8(10)5-7/h2-5,11H,6H2,1H3,(H,12,13,14). The van der Waals surface area contributed by atoms with Crippen molar-refractivity contribution in [3.8, 4) is 0 Å². The molecule has 1 aromatic carbocycles. The van der Waals surface area contributed by atoms with Gasteiger partial charge in [0, 0.05) is 6.42 Å². The third-order valence-electron chi connectivity index (χ3n) is 1.98. The fourth-order valence-corrected chi connectivity index (χ4v) is 1.47. The molecule has 4 nitrogen and oxygen atoms in total. The van der Waals surface area contributed by atoms with Crippen molar-refractivity contribution in [1.29, 1.82) is 0 Å². The van der Waals surface area contributed by atoms with Crippen LogP contribution < -0.4 is 0 Å². The lowest BCUT2D eigenvalue weighted by molar-refractivity contribution is 0.132. The summed E-state index contributed by atoms with van der Waals surface area (Å²) in [6.07, 6.45) is -0.371. The molecule has 6 heteroatoms. The first-order chi connectivity index (χ1) is 6.72. The first-order valence-corrected chi connectivity index (χ1v) is 5.60. The number of halogens is 1. The number of hydrogen-bond donors (Lipinski definition) is 2. The van der Waals surface area contributed by atoms with Crippen LogP contribution in [0.3, 0.4) is 0 Å². The maximum absolute atomic E-state index is 12.7. The average molecular weight is 234 g/mol. The van der Waals surface area contributed by atoms with Crippen LogP contribution in [0.4, 0.5) is 4.39 Å². The molecule has 0 aliphatic rings. The fourth-order valence-electron chi connectivity index (χ4n) is 1.12. The summed E-state index contributed by atoms with van der Waals surface area (Å²) in [4.78, 5) is -2.30. The Morgan fingerprint density at radius 3 is 2.53 bits per heavy atom. The van der Waals surface area contributed by atoms with Gasteiger partial charge in [-0.15, -0.1) is 0 Å². The van der Waals surface area contributed by atoms with Crippen molar-refractivity contribution in [2.24, 2.45) is 0 Å². The van der Waals surface area contributed by atoms with Gasteiger partial charge in [0.25, 0.3) is 10.1 Å². The summed E-state index contributed by atoms with van der Waals surface area (Å²) in [6, 6.07) is 5.15. The molecule has 15 heavy (non-hydrogen) atoms. The van der Waals surface area contributed by atoms with E-state index in [2.05, 4.69) is 0 Å². The van der Waals surface area contributed by atoms with Crippen LogP contribution in [0.1, 0.15) is 12.5 Å². The van der Waals surface area contributed by atoms with Gasteiger partial charge >= 0.3 is 0 Å². The van der Waals surface area contributed by atoms with Gasteiger partial charge in [0.2, 0.25) is 0 Å². The van der Waals surface area contributed by atoms with Gasteiger partial charge in [-0.05, 0) is 24.6 Å². The molecule has 0 aliphatic carbocycles. The van der Waals surface area contributed by atoms with E-state index in [1.807, 2.05) is 0 Å². The van der Waals surface area contributed by atoms with Gasteiger partial charge in [-0.3, -0.25) is 4.55 Å². The van der Waals surface area contributed by atoms with E-state index in [1.165, 1.54) is 18.2 Å². The summed E-state index contributed by atoms with van der Waals surface area (Å²) in [5, 5.41) is 9.43. The van der Waals surface area contributed by atoms with Crippen LogP contribution in [-0.4, -0.2) is 23.0 Å². The van der Waals surface area contributed by atoms with Crippen LogP contribution in [0.2, 0.25) is 0 Å². The van der Waals surface area contributed by atoms with E-state index >= 15 is 0 Å². The average Bonchev–Trinajstić information content (AvgIpc) is 2.00. The Morgan fingerprint density at radius 1 is 1.47 bits per heavy atom. The molecule has 0 bridgehead atoms. The molecular formula is C9H11FO4S. The zero-order chi connectivity index (χ0) is 11.7. The van der Waals surface area contributed by atoms with Crippen molar-refractivity contribution in [3.05, 3.63) is 35.6 Å². The van der Waals surface area contributed by atoms with Crippen molar-refractivity contribution in [2.75, 3.05) is 0 Å². The normalized spacial score (nSPS) is 16.0. The quantitative estimate of drug-likeness (QED) is 0.764. The zero-order valence-electron chi connectivity index (χ0n) is 8.01. The van der Waals surface area contributed by atoms with Crippen molar-refractivity contribution in [1.82, 2.24) is 0 Å². The number of benzene rings is 1. The van der Waals surface area contributed by atoms with Crippen molar-refractivity contribution < 1.29 is 22.5 Å². The molecule has 1 unspecified atom stereocenters. The third-order valence-corrected chi connectivity index (χ3v) is 3.23. The van der Waals surface area contributed by atoms with E-state index < -0.39 is 20.9 Å². The minimum Gasteiger partial charge on any atom is -0.372 e. The van der Waals surface area contributed by atoms with E-state index in [1.54, 1.807) is 0 Å². The molecule has 1 atom stereocenters. The maximum atomic E-state index is 12.7. The van der Waals surface area contributed by atoms with E-state index in [0.29, 0.717) is 0 Å². The minimum absolute atomic E-state index is 0.289. The molecule has 0 fully saturated rings. The van der Waals surface area contributed by atoms with Gasteiger partial charge in [-0.25, -0.2) is 4.39 Å². The van der Waals surface area contributed by atoms with Crippen LogP contribution in [0.15, 0.2) is 24.3 Å². The Kier molecular flexibility index (Phi) is 3.13. The molecule has 2 N–H and O–H groups in total. The molecule has 0 aromatic heterocycles. The van der Waals surface area contributed by atoms with E-state index in [0.717, 1.165) is 13.0 Å². The number of hydrogen-bond acceptors (Lipinski definition) is 3. The highest BCUT2D eigenvalue weighted by Crippen LogP contribution is 2.18. The molecule has 0 aliphatic heterocycles. The van der Waals surface area contributed by atoms with Crippen molar-refractivity contribution in [3.63, 3.8) is 0 Å². The summed E-state index contributed by atoms with van der Waals surface area (Å²) in [5.74, 6) is -0.529. The predicted octanol–water partition coefficient (Wildman–Crippen LogP) is 0.965.